The predicted octanol–water partition coefficient (Wildman–Crippen LogP) is 2.14. The van der Waals surface area contributed by atoms with E-state index in [9.17, 15) is 8.42 Å². The van der Waals surface area contributed by atoms with Crippen LogP contribution in [0.15, 0.2) is 27.9 Å². The zero-order valence-electron chi connectivity index (χ0n) is 13.5. The molecule has 1 aliphatic rings. The molecule has 0 amide bonds. The first-order chi connectivity index (χ1) is 10.6. The van der Waals surface area contributed by atoms with E-state index in [1.165, 1.54) is 6.07 Å². The fourth-order valence-corrected chi connectivity index (χ4v) is 3.53. The number of hydrogen-bond acceptors (Lipinski definition) is 6. The molecule has 0 aromatic carbocycles. The maximum Gasteiger partial charge on any atom is 0.255 e. The second-order valence-electron chi connectivity index (χ2n) is 6.90. The normalized spacial score (nSPS) is 23.2. The molecule has 1 aliphatic carbocycles. The fraction of sp³-hybridized carbons (Fsp3) is 0.533. The Labute approximate surface area is 135 Å². The summed E-state index contributed by atoms with van der Waals surface area (Å²) in [6.45, 7) is 8.27. The van der Waals surface area contributed by atoms with Gasteiger partial charge in [-0.25, -0.2) is 18.5 Å². The maximum atomic E-state index is 11.3. The Balaban J connectivity index is 1.88. The molecular formula is C15H20N4O3S. The van der Waals surface area contributed by atoms with Crippen molar-refractivity contribution in [3.8, 4) is 0 Å². The van der Waals surface area contributed by atoms with Crippen LogP contribution in [0.2, 0.25) is 0 Å². The van der Waals surface area contributed by atoms with Gasteiger partial charge in [0.15, 0.2) is 10.9 Å². The highest BCUT2D eigenvalue weighted by Crippen LogP contribution is 2.69. The minimum absolute atomic E-state index is 0.0500. The fourth-order valence-electron chi connectivity index (χ4n) is 3.07. The van der Waals surface area contributed by atoms with Gasteiger partial charge in [0, 0.05) is 18.0 Å². The van der Waals surface area contributed by atoms with Gasteiger partial charge < -0.3 is 4.52 Å². The molecule has 2 N–H and O–H groups in total. The molecular weight excluding hydrogens is 316 g/mol. The van der Waals surface area contributed by atoms with Crippen molar-refractivity contribution in [1.82, 2.24) is 15.1 Å². The van der Waals surface area contributed by atoms with E-state index in [2.05, 4.69) is 29.0 Å². The van der Waals surface area contributed by atoms with Crippen LogP contribution in [0.4, 0.5) is 0 Å². The molecule has 8 heteroatoms. The molecule has 0 saturated heterocycles. The van der Waals surface area contributed by atoms with Crippen LogP contribution in [-0.2, 0) is 10.0 Å². The molecule has 124 valence electrons. The second-order valence-corrected chi connectivity index (χ2v) is 8.41. The number of primary sulfonamides is 1. The molecule has 23 heavy (non-hydrogen) atoms. The van der Waals surface area contributed by atoms with Crippen molar-refractivity contribution >= 4 is 10.0 Å². The van der Waals surface area contributed by atoms with Crippen LogP contribution >= 0.6 is 0 Å². The summed E-state index contributed by atoms with van der Waals surface area (Å²) < 4.78 is 28.0. The first-order valence-electron chi connectivity index (χ1n) is 7.44. The van der Waals surface area contributed by atoms with Gasteiger partial charge in [-0.05, 0) is 17.0 Å². The lowest BCUT2D eigenvalue weighted by molar-refractivity contribution is 0.361. The van der Waals surface area contributed by atoms with Gasteiger partial charge in [-0.2, -0.15) is 4.98 Å². The highest BCUT2D eigenvalue weighted by atomic mass is 32.2. The minimum atomic E-state index is -3.78. The first-order valence-corrected chi connectivity index (χ1v) is 8.99. The molecule has 2 aromatic heterocycles. The molecule has 7 nitrogen and oxygen atoms in total. The Kier molecular flexibility index (Phi) is 3.57. The second kappa shape index (κ2) is 5.10. The van der Waals surface area contributed by atoms with E-state index in [-0.39, 0.29) is 28.2 Å². The summed E-state index contributed by atoms with van der Waals surface area (Å²) >= 11 is 0. The molecule has 0 bridgehead atoms. The maximum absolute atomic E-state index is 11.3. The Morgan fingerprint density at radius 2 is 1.96 bits per heavy atom. The smallest absolute Gasteiger partial charge is 0.255 e. The summed E-state index contributed by atoms with van der Waals surface area (Å²) in [6.07, 6.45) is 1.56. The van der Waals surface area contributed by atoms with Crippen LogP contribution in [0.5, 0.6) is 0 Å². The van der Waals surface area contributed by atoms with E-state index in [0.29, 0.717) is 11.7 Å². The Bertz CT molecular complexity index is 825. The van der Waals surface area contributed by atoms with E-state index in [4.69, 9.17) is 9.66 Å². The average molecular weight is 336 g/mol. The van der Waals surface area contributed by atoms with Crippen LogP contribution in [0.25, 0.3) is 0 Å². The Hall–Kier alpha value is -1.80. The van der Waals surface area contributed by atoms with Gasteiger partial charge in [-0.3, -0.25) is 0 Å². The molecule has 2 heterocycles. The summed E-state index contributed by atoms with van der Waals surface area (Å²) in [5, 5.41) is 8.97. The Morgan fingerprint density at radius 3 is 2.43 bits per heavy atom. The third-order valence-electron chi connectivity index (χ3n) is 4.48. The van der Waals surface area contributed by atoms with E-state index in [1.54, 1.807) is 12.3 Å². The summed E-state index contributed by atoms with van der Waals surface area (Å²) in [4.78, 5) is 8.44. The van der Waals surface area contributed by atoms with Gasteiger partial charge in [-0.1, -0.05) is 38.9 Å². The molecule has 2 aromatic rings. The van der Waals surface area contributed by atoms with Crippen LogP contribution in [0.1, 0.15) is 62.7 Å². The number of nitrogens with zero attached hydrogens (tertiary/aromatic N) is 3. The minimum Gasteiger partial charge on any atom is -0.339 e. The van der Waals surface area contributed by atoms with Crippen LogP contribution < -0.4 is 5.14 Å². The topological polar surface area (TPSA) is 112 Å². The van der Waals surface area contributed by atoms with Gasteiger partial charge in [0.1, 0.15) is 0 Å². The van der Waals surface area contributed by atoms with Crippen molar-refractivity contribution in [2.24, 2.45) is 10.6 Å². The van der Waals surface area contributed by atoms with Crippen LogP contribution in [0.3, 0.4) is 0 Å². The number of rotatable bonds is 4. The lowest BCUT2D eigenvalue weighted by Gasteiger charge is -2.03. The highest BCUT2D eigenvalue weighted by Gasteiger charge is 2.62. The molecule has 1 saturated carbocycles. The average Bonchev–Trinajstić information content (AvgIpc) is 2.84. The molecule has 1 fully saturated rings. The van der Waals surface area contributed by atoms with Crippen molar-refractivity contribution < 1.29 is 12.9 Å². The summed E-state index contributed by atoms with van der Waals surface area (Å²) in [5.74, 6) is 1.79. The summed E-state index contributed by atoms with van der Waals surface area (Å²) in [6, 6.07) is 3.18. The largest absolute Gasteiger partial charge is 0.339 e. The number of nitrogens with two attached hydrogens (primary N) is 1. The molecule has 3 rings (SSSR count). The van der Waals surface area contributed by atoms with Gasteiger partial charge >= 0.3 is 0 Å². The number of sulfonamides is 1. The van der Waals surface area contributed by atoms with Crippen LogP contribution in [0, 0.1) is 5.41 Å². The zero-order valence-corrected chi connectivity index (χ0v) is 14.3. The Morgan fingerprint density at radius 1 is 1.26 bits per heavy atom. The quantitative estimate of drug-likeness (QED) is 0.915. The van der Waals surface area contributed by atoms with Gasteiger partial charge in [-0.15, -0.1) is 0 Å². The molecule has 0 radical (unpaired) electrons. The molecule has 0 aliphatic heterocycles. The first kappa shape index (κ1) is 16.1. The van der Waals surface area contributed by atoms with Crippen molar-refractivity contribution in [2.45, 2.75) is 50.5 Å². The summed E-state index contributed by atoms with van der Waals surface area (Å²) in [7, 11) is -3.78. The number of aromatic nitrogens is 3. The monoisotopic (exact) mass is 336 g/mol. The van der Waals surface area contributed by atoms with Crippen molar-refractivity contribution in [3.63, 3.8) is 0 Å². The number of hydrogen-bond donors (Lipinski definition) is 1. The molecule has 0 unspecified atom stereocenters. The van der Waals surface area contributed by atoms with E-state index in [0.717, 1.165) is 5.56 Å². The standard InChI is InChI=1S/C15H20N4O3S/c1-8(2)13-18-14(22-19-13)12-11(15(12,3)4)9-5-6-10(17-7-9)23(16,20)21/h5-8,11-12H,1-4H3,(H2,16,20,21)/t11-,12+/m0/s1. The van der Waals surface area contributed by atoms with Gasteiger partial charge in [0.2, 0.25) is 5.89 Å². The van der Waals surface area contributed by atoms with Crippen LogP contribution in [-0.4, -0.2) is 23.5 Å². The molecule has 2 atom stereocenters. The molecule has 0 spiro atoms. The number of pyridine rings is 1. The van der Waals surface area contributed by atoms with Gasteiger partial charge in [0.25, 0.3) is 10.0 Å². The SMILES string of the molecule is CC(C)c1noc([C@H]2[C@H](c3ccc(S(N)(=O)=O)nc3)C2(C)C)n1. The van der Waals surface area contributed by atoms with E-state index in [1.807, 2.05) is 13.8 Å². The predicted molar refractivity (Wildman–Crippen MR) is 83.3 cm³/mol. The highest BCUT2D eigenvalue weighted by molar-refractivity contribution is 7.89. The summed E-state index contributed by atoms with van der Waals surface area (Å²) in [5.41, 5.74) is 0.891. The third-order valence-corrected chi connectivity index (χ3v) is 5.30. The van der Waals surface area contributed by atoms with E-state index >= 15 is 0 Å². The van der Waals surface area contributed by atoms with Gasteiger partial charge in [0.05, 0.1) is 5.92 Å². The van der Waals surface area contributed by atoms with Crippen molar-refractivity contribution in [1.29, 1.82) is 0 Å². The van der Waals surface area contributed by atoms with E-state index < -0.39 is 10.0 Å². The third kappa shape index (κ3) is 2.76. The lowest BCUT2D eigenvalue weighted by atomic mass is 10.1. The van der Waals surface area contributed by atoms with Crippen molar-refractivity contribution in [3.05, 3.63) is 35.6 Å². The zero-order chi connectivity index (χ0) is 17.0. The van der Waals surface area contributed by atoms with Crippen molar-refractivity contribution in [2.75, 3.05) is 0 Å². The lowest BCUT2D eigenvalue weighted by Crippen LogP contribution is -2.13.